The molecule has 5 aromatic rings. The summed E-state index contributed by atoms with van der Waals surface area (Å²) in [6, 6.07) is 22.1. The number of halogens is 2. The summed E-state index contributed by atoms with van der Waals surface area (Å²) in [5.41, 5.74) is 9.66. The highest BCUT2D eigenvalue weighted by Gasteiger charge is 2.32. The molecule has 11 nitrogen and oxygen atoms in total. The second-order valence-corrected chi connectivity index (χ2v) is 15.1. The third-order valence-electron chi connectivity index (χ3n) is 11.4. The maximum Gasteiger partial charge on any atom is 0.324 e. The molecular formula is C45H43F2N7O4. The topological polar surface area (TPSA) is 128 Å². The van der Waals surface area contributed by atoms with Crippen LogP contribution in [0.2, 0.25) is 0 Å². The SMILES string of the molecule is CCc1cc2c(c(N3CCCc4cc(-c5ccc(C(=O)NCc6ccc(-c7ccnc(C8CCC(=O)NC8=O)c7)cc6)nc5)c(C(F)F)cc43)c1)CN(C)C(=O)N2C. The van der Waals surface area contributed by atoms with Crippen molar-refractivity contribution in [3.8, 4) is 22.3 Å². The van der Waals surface area contributed by atoms with Crippen LogP contribution < -0.4 is 20.4 Å². The van der Waals surface area contributed by atoms with Gasteiger partial charge in [0.2, 0.25) is 11.8 Å². The average Bonchev–Trinajstić information content (AvgIpc) is 3.24. The highest BCUT2D eigenvalue weighted by molar-refractivity contribution is 6.01. The maximum absolute atomic E-state index is 14.9. The molecule has 8 rings (SSSR count). The number of pyridine rings is 2. The number of piperidine rings is 1. The molecule has 0 radical (unpaired) electrons. The number of aromatic nitrogens is 2. The number of fused-ring (bicyclic) bond motifs is 2. The van der Waals surface area contributed by atoms with Gasteiger partial charge in [0, 0.05) is 74.1 Å². The highest BCUT2D eigenvalue weighted by Crippen LogP contribution is 2.45. The number of benzene rings is 3. The number of nitrogens with one attached hydrogen (secondary N) is 2. The Bertz CT molecular complexity index is 2440. The molecule has 5 heterocycles. The molecule has 2 N–H and O–H groups in total. The number of rotatable bonds is 9. The molecular weight excluding hydrogens is 741 g/mol. The van der Waals surface area contributed by atoms with Gasteiger partial charge in [0.25, 0.3) is 12.3 Å². The highest BCUT2D eigenvalue weighted by atomic mass is 19.3. The minimum atomic E-state index is -2.75. The van der Waals surface area contributed by atoms with Crippen LogP contribution in [0.1, 0.15) is 82.5 Å². The number of carbonyl (C=O) groups excluding carboxylic acids is 4. The van der Waals surface area contributed by atoms with Gasteiger partial charge in [0.05, 0.1) is 23.8 Å². The normalized spacial score (nSPS) is 16.6. The summed E-state index contributed by atoms with van der Waals surface area (Å²) in [7, 11) is 3.53. The fourth-order valence-corrected chi connectivity index (χ4v) is 8.17. The molecule has 3 aromatic carbocycles. The Balaban J connectivity index is 0.978. The Hall–Kier alpha value is -6.50. The van der Waals surface area contributed by atoms with Crippen LogP contribution in [0.25, 0.3) is 22.3 Å². The van der Waals surface area contributed by atoms with Crippen molar-refractivity contribution >= 4 is 40.8 Å². The van der Waals surface area contributed by atoms with Crippen molar-refractivity contribution in [2.45, 2.75) is 64.5 Å². The van der Waals surface area contributed by atoms with Gasteiger partial charge in [0.1, 0.15) is 5.69 Å². The third-order valence-corrected chi connectivity index (χ3v) is 11.4. The molecule has 1 unspecified atom stereocenters. The predicted octanol–water partition coefficient (Wildman–Crippen LogP) is 7.85. The third kappa shape index (κ3) is 7.39. The van der Waals surface area contributed by atoms with Crippen LogP contribution in [-0.2, 0) is 35.5 Å². The molecule has 2 aromatic heterocycles. The molecule has 5 amide bonds. The van der Waals surface area contributed by atoms with E-state index in [-0.39, 0.29) is 42.1 Å². The van der Waals surface area contributed by atoms with E-state index < -0.39 is 18.3 Å². The predicted molar refractivity (Wildman–Crippen MR) is 217 cm³/mol. The lowest BCUT2D eigenvalue weighted by Crippen LogP contribution is -2.43. The van der Waals surface area contributed by atoms with E-state index in [0.717, 1.165) is 69.7 Å². The smallest absolute Gasteiger partial charge is 0.324 e. The van der Waals surface area contributed by atoms with E-state index in [0.29, 0.717) is 36.3 Å². The van der Waals surface area contributed by atoms with E-state index in [4.69, 9.17) is 0 Å². The second kappa shape index (κ2) is 15.8. The Labute approximate surface area is 335 Å². The summed E-state index contributed by atoms with van der Waals surface area (Å²) in [4.78, 5) is 64.1. The molecule has 13 heteroatoms. The first-order chi connectivity index (χ1) is 28.0. The monoisotopic (exact) mass is 783 g/mol. The van der Waals surface area contributed by atoms with Crippen molar-refractivity contribution in [2.24, 2.45) is 0 Å². The minimum Gasteiger partial charge on any atom is -0.347 e. The van der Waals surface area contributed by atoms with E-state index in [1.165, 1.54) is 6.20 Å². The standard InChI is InChI=1S/C45H43F2N7O4/c1-4-26-18-39-35(25-52(2)45(58)53(39)3)40(19-26)54-17-5-6-30-20-33(34(42(46)47)22-38(30)54)31-11-13-36(49-24-31)44(57)50-23-27-7-9-28(10-8-27)29-15-16-48-37(21-29)32-12-14-41(55)51-43(32)56/h7-11,13,15-16,18-22,24,32,42H,4-6,12,14,17,23,25H2,1-3H3,(H,50,57)(H,51,55,56). The molecule has 296 valence electrons. The molecule has 0 aliphatic carbocycles. The summed E-state index contributed by atoms with van der Waals surface area (Å²) < 4.78 is 29.8. The largest absolute Gasteiger partial charge is 0.347 e. The number of amides is 5. The van der Waals surface area contributed by atoms with Gasteiger partial charge in [-0.3, -0.25) is 34.6 Å². The quantitative estimate of drug-likeness (QED) is 0.146. The number of hydrogen-bond acceptors (Lipinski definition) is 7. The number of alkyl halides is 2. The molecule has 1 saturated heterocycles. The zero-order valence-corrected chi connectivity index (χ0v) is 32.5. The van der Waals surface area contributed by atoms with Crippen molar-refractivity contribution in [3.05, 3.63) is 124 Å². The van der Waals surface area contributed by atoms with Gasteiger partial charge in [0.15, 0.2) is 0 Å². The number of anilines is 3. The Morgan fingerprint density at radius 1 is 0.879 bits per heavy atom. The van der Waals surface area contributed by atoms with E-state index in [2.05, 4.69) is 38.5 Å². The van der Waals surface area contributed by atoms with Crippen LogP contribution in [0.4, 0.5) is 30.6 Å². The Kier molecular flexibility index (Phi) is 10.5. The van der Waals surface area contributed by atoms with E-state index >= 15 is 0 Å². The van der Waals surface area contributed by atoms with E-state index in [9.17, 15) is 28.0 Å². The van der Waals surface area contributed by atoms with Crippen LogP contribution in [0.5, 0.6) is 0 Å². The lowest BCUT2D eigenvalue weighted by molar-refractivity contribution is -0.134. The van der Waals surface area contributed by atoms with Crippen LogP contribution >= 0.6 is 0 Å². The first-order valence-corrected chi connectivity index (χ1v) is 19.5. The average molecular weight is 784 g/mol. The zero-order chi connectivity index (χ0) is 40.7. The summed E-state index contributed by atoms with van der Waals surface area (Å²) in [5, 5.41) is 5.27. The van der Waals surface area contributed by atoms with Crippen LogP contribution in [-0.4, -0.2) is 59.3 Å². The number of aryl methyl sites for hydroxylation is 2. The molecule has 0 spiro atoms. The lowest BCUT2D eigenvalue weighted by Gasteiger charge is -2.39. The number of hydrogen-bond donors (Lipinski definition) is 2. The van der Waals surface area contributed by atoms with Crippen molar-refractivity contribution in [1.29, 1.82) is 0 Å². The molecule has 0 saturated carbocycles. The van der Waals surface area contributed by atoms with Crippen molar-refractivity contribution in [1.82, 2.24) is 25.5 Å². The van der Waals surface area contributed by atoms with Gasteiger partial charge in [-0.25, -0.2) is 13.6 Å². The van der Waals surface area contributed by atoms with Crippen molar-refractivity contribution in [3.63, 3.8) is 0 Å². The number of nitrogens with zero attached hydrogens (tertiary/aromatic N) is 5. The van der Waals surface area contributed by atoms with Gasteiger partial charge in [-0.1, -0.05) is 37.3 Å². The fourth-order valence-electron chi connectivity index (χ4n) is 8.17. The van der Waals surface area contributed by atoms with Gasteiger partial charge in [-0.15, -0.1) is 0 Å². The summed E-state index contributed by atoms with van der Waals surface area (Å²) >= 11 is 0. The minimum absolute atomic E-state index is 0.0923. The molecule has 1 fully saturated rings. The van der Waals surface area contributed by atoms with Crippen LogP contribution in [0, 0.1) is 0 Å². The first-order valence-electron chi connectivity index (χ1n) is 19.5. The number of urea groups is 1. The van der Waals surface area contributed by atoms with Crippen molar-refractivity contribution < 1.29 is 28.0 Å². The van der Waals surface area contributed by atoms with Gasteiger partial charge in [-0.2, -0.15) is 0 Å². The van der Waals surface area contributed by atoms with E-state index in [1.54, 1.807) is 48.3 Å². The van der Waals surface area contributed by atoms with Crippen LogP contribution in [0.3, 0.4) is 0 Å². The second-order valence-electron chi connectivity index (χ2n) is 15.1. The van der Waals surface area contributed by atoms with Gasteiger partial charge >= 0.3 is 6.03 Å². The molecule has 3 aliphatic heterocycles. The lowest BCUT2D eigenvalue weighted by atomic mass is 9.91. The Morgan fingerprint density at radius 2 is 1.66 bits per heavy atom. The van der Waals surface area contributed by atoms with Gasteiger partial charge < -0.3 is 15.1 Å². The van der Waals surface area contributed by atoms with Crippen molar-refractivity contribution in [2.75, 3.05) is 30.4 Å². The van der Waals surface area contributed by atoms with E-state index in [1.807, 2.05) is 48.5 Å². The molecule has 0 bridgehead atoms. The molecule has 3 aliphatic rings. The summed E-state index contributed by atoms with van der Waals surface area (Å²) in [5.74, 6) is -1.49. The zero-order valence-electron chi connectivity index (χ0n) is 32.5. The number of imide groups is 1. The fraction of sp³-hybridized carbons (Fsp3) is 0.289. The summed E-state index contributed by atoms with van der Waals surface area (Å²) in [6.45, 7) is 3.38. The first kappa shape index (κ1) is 38.4. The number of carbonyl (C=O) groups is 4. The molecule has 58 heavy (non-hydrogen) atoms. The molecule has 1 atom stereocenters. The maximum atomic E-state index is 14.9. The summed E-state index contributed by atoms with van der Waals surface area (Å²) in [6.07, 6.45) is 3.36. The van der Waals surface area contributed by atoms with Gasteiger partial charge in [-0.05, 0) is 102 Å². The Morgan fingerprint density at radius 3 is 2.38 bits per heavy atom. The van der Waals surface area contributed by atoms with Crippen LogP contribution in [0.15, 0.2) is 85.2 Å².